The molecule has 0 bridgehead atoms. The van der Waals surface area contributed by atoms with Crippen LogP contribution in [-0.4, -0.2) is 9.55 Å². The van der Waals surface area contributed by atoms with Gasteiger partial charge in [0.1, 0.15) is 0 Å². The number of nitrogens with zero attached hydrogens (tertiary/aromatic N) is 2. The fraction of sp³-hybridized carbons (Fsp3) is 0.400. The van der Waals surface area contributed by atoms with Crippen molar-refractivity contribution in [3.05, 3.63) is 47.5 Å². The molecule has 0 saturated heterocycles. The Morgan fingerprint density at radius 3 is 2.94 bits per heavy atom. The quantitative estimate of drug-likeness (QED) is 0.888. The summed E-state index contributed by atoms with van der Waals surface area (Å²) in [6.07, 6.45) is 6.52. The fourth-order valence-corrected chi connectivity index (χ4v) is 2.28. The average molecular weight is 241 g/mol. The first kappa shape index (κ1) is 11.3. The molecule has 1 heterocycles. The van der Waals surface area contributed by atoms with Crippen LogP contribution in [0, 0.1) is 13.8 Å². The first-order valence-corrected chi connectivity index (χ1v) is 6.56. The van der Waals surface area contributed by atoms with Crippen LogP contribution >= 0.6 is 0 Å². The third kappa shape index (κ3) is 2.13. The zero-order chi connectivity index (χ0) is 12.5. The predicted molar refractivity (Wildman–Crippen MR) is 73.7 cm³/mol. The molecule has 3 rings (SSSR count). The van der Waals surface area contributed by atoms with Crippen LogP contribution < -0.4 is 5.32 Å². The van der Waals surface area contributed by atoms with Crippen LogP contribution in [0.5, 0.6) is 0 Å². The first-order valence-electron chi connectivity index (χ1n) is 6.56. The van der Waals surface area contributed by atoms with E-state index in [9.17, 15) is 0 Å². The van der Waals surface area contributed by atoms with Crippen LogP contribution in [0.2, 0.25) is 0 Å². The van der Waals surface area contributed by atoms with Crippen molar-refractivity contribution in [2.24, 2.45) is 0 Å². The van der Waals surface area contributed by atoms with Gasteiger partial charge in [-0.25, -0.2) is 4.98 Å². The Kier molecular flexibility index (Phi) is 2.82. The number of hydrogen-bond acceptors (Lipinski definition) is 2. The summed E-state index contributed by atoms with van der Waals surface area (Å²) in [6, 6.07) is 7.08. The maximum absolute atomic E-state index is 4.26. The Morgan fingerprint density at radius 1 is 1.33 bits per heavy atom. The number of benzene rings is 1. The van der Waals surface area contributed by atoms with Gasteiger partial charge in [-0.15, -0.1) is 0 Å². The molecule has 1 aliphatic rings. The van der Waals surface area contributed by atoms with Gasteiger partial charge in [0, 0.05) is 17.9 Å². The maximum Gasteiger partial charge on any atom is 0.0951 e. The molecule has 1 aromatic heterocycles. The minimum absolute atomic E-state index is 0.697. The molecule has 1 fully saturated rings. The summed E-state index contributed by atoms with van der Waals surface area (Å²) in [6.45, 7) is 5.16. The van der Waals surface area contributed by atoms with Crippen LogP contribution in [0.15, 0.2) is 30.7 Å². The maximum atomic E-state index is 4.26. The van der Waals surface area contributed by atoms with Crippen LogP contribution in [0.25, 0.3) is 0 Å². The third-order valence-corrected chi connectivity index (χ3v) is 3.75. The Bertz CT molecular complexity index is 553. The number of aryl methyl sites for hydroxylation is 1. The second-order valence-electron chi connectivity index (χ2n) is 5.12. The zero-order valence-corrected chi connectivity index (χ0v) is 11.0. The van der Waals surface area contributed by atoms with Gasteiger partial charge in [0.25, 0.3) is 0 Å². The number of imidazole rings is 1. The van der Waals surface area contributed by atoms with E-state index in [1.54, 1.807) is 0 Å². The van der Waals surface area contributed by atoms with Gasteiger partial charge in [-0.2, -0.15) is 0 Å². The number of rotatable bonds is 4. The second kappa shape index (κ2) is 4.48. The number of nitrogens with one attached hydrogen (secondary N) is 1. The molecule has 1 N–H and O–H groups in total. The van der Waals surface area contributed by atoms with E-state index < -0.39 is 0 Å². The van der Waals surface area contributed by atoms with Crippen molar-refractivity contribution >= 4 is 5.69 Å². The van der Waals surface area contributed by atoms with Gasteiger partial charge in [0.2, 0.25) is 0 Å². The highest BCUT2D eigenvalue weighted by Gasteiger charge is 2.24. The van der Waals surface area contributed by atoms with Crippen LogP contribution in [0.1, 0.15) is 35.7 Å². The minimum atomic E-state index is 0.697. The number of anilines is 1. The standard InChI is InChI=1S/C15H19N3/c1-11-4-3-5-15(12(11)2)17-9-14-8-16-10-18(14)13-6-7-13/h3-5,8,10,13,17H,6-7,9H2,1-2H3. The normalized spacial score (nSPS) is 14.8. The van der Waals surface area contributed by atoms with Gasteiger partial charge in [-0.05, 0) is 43.9 Å². The molecule has 3 nitrogen and oxygen atoms in total. The Morgan fingerprint density at radius 2 is 2.17 bits per heavy atom. The van der Waals surface area contributed by atoms with Gasteiger partial charge in [0.05, 0.1) is 18.6 Å². The van der Waals surface area contributed by atoms with Crippen molar-refractivity contribution in [2.75, 3.05) is 5.32 Å². The van der Waals surface area contributed by atoms with Crippen molar-refractivity contribution < 1.29 is 0 Å². The van der Waals surface area contributed by atoms with Crippen molar-refractivity contribution in [2.45, 2.75) is 39.3 Å². The van der Waals surface area contributed by atoms with E-state index in [0.717, 1.165) is 6.54 Å². The Labute approximate surface area is 108 Å². The number of hydrogen-bond donors (Lipinski definition) is 1. The lowest BCUT2D eigenvalue weighted by Gasteiger charge is -2.12. The highest BCUT2D eigenvalue weighted by molar-refractivity contribution is 5.53. The molecule has 94 valence electrons. The SMILES string of the molecule is Cc1cccc(NCc2cncn2C2CC2)c1C. The third-order valence-electron chi connectivity index (χ3n) is 3.75. The van der Waals surface area contributed by atoms with Crippen molar-refractivity contribution in [3.63, 3.8) is 0 Å². The highest BCUT2D eigenvalue weighted by Crippen LogP contribution is 2.35. The largest absolute Gasteiger partial charge is 0.379 e. The second-order valence-corrected chi connectivity index (χ2v) is 5.12. The Balaban J connectivity index is 1.74. The smallest absolute Gasteiger partial charge is 0.0951 e. The topological polar surface area (TPSA) is 29.9 Å². The monoisotopic (exact) mass is 241 g/mol. The molecule has 0 amide bonds. The van der Waals surface area contributed by atoms with Crippen molar-refractivity contribution in [1.82, 2.24) is 9.55 Å². The molecule has 0 radical (unpaired) electrons. The van der Waals surface area contributed by atoms with Gasteiger partial charge in [0.15, 0.2) is 0 Å². The van der Waals surface area contributed by atoms with E-state index in [4.69, 9.17) is 0 Å². The summed E-state index contributed by atoms with van der Waals surface area (Å²) in [5, 5.41) is 3.52. The Hall–Kier alpha value is -1.77. The lowest BCUT2D eigenvalue weighted by molar-refractivity contribution is 0.701. The molecule has 1 aromatic carbocycles. The molecule has 0 spiro atoms. The van der Waals surface area contributed by atoms with E-state index in [-0.39, 0.29) is 0 Å². The molecule has 0 unspecified atom stereocenters. The summed E-state index contributed by atoms with van der Waals surface area (Å²) in [5.41, 5.74) is 5.16. The number of aromatic nitrogens is 2. The summed E-state index contributed by atoms with van der Waals surface area (Å²) < 4.78 is 2.30. The average Bonchev–Trinajstić information content (AvgIpc) is 3.11. The molecule has 1 saturated carbocycles. The first-order chi connectivity index (χ1) is 8.75. The molecule has 18 heavy (non-hydrogen) atoms. The van der Waals surface area contributed by atoms with E-state index in [1.165, 1.54) is 35.3 Å². The van der Waals surface area contributed by atoms with E-state index in [0.29, 0.717) is 6.04 Å². The van der Waals surface area contributed by atoms with Gasteiger partial charge >= 0.3 is 0 Å². The van der Waals surface area contributed by atoms with Crippen LogP contribution in [0.4, 0.5) is 5.69 Å². The van der Waals surface area contributed by atoms with Gasteiger partial charge in [-0.3, -0.25) is 0 Å². The summed E-state index contributed by atoms with van der Waals surface area (Å²) in [5.74, 6) is 0. The van der Waals surface area contributed by atoms with Gasteiger partial charge < -0.3 is 9.88 Å². The molecule has 3 heteroatoms. The lowest BCUT2D eigenvalue weighted by atomic mass is 10.1. The summed E-state index contributed by atoms with van der Waals surface area (Å²) in [4.78, 5) is 4.26. The molecular weight excluding hydrogens is 222 g/mol. The molecule has 1 aliphatic carbocycles. The zero-order valence-electron chi connectivity index (χ0n) is 11.0. The van der Waals surface area contributed by atoms with Crippen molar-refractivity contribution in [1.29, 1.82) is 0 Å². The summed E-state index contributed by atoms with van der Waals surface area (Å²) in [7, 11) is 0. The predicted octanol–water partition coefficient (Wildman–Crippen LogP) is 3.45. The van der Waals surface area contributed by atoms with Crippen molar-refractivity contribution in [3.8, 4) is 0 Å². The van der Waals surface area contributed by atoms with E-state index >= 15 is 0 Å². The van der Waals surface area contributed by atoms with E-state index in [1.807, 2.05) is 12.5 Å². The highest BCUT2D eigenvalue weighted by atomic mass is 15.1. The molecular formula is C15H19N3. The summed E-state index contributed by atoms with van der Waals surface area (Å²) >= 11 is 0. The fourth-order valence-electron chi connectivity index (χ4n) is 2.28. The lowest BCUT2D eigenvalue weighted by Crippen LogP contribution is -2.07. The van der Waals surface area contributed by atoms with E-state index in [2.05, 4.69) is 46.9 Å². The van der Waals surface area contributed by atoms with Crippen LogP contribution in [0.3, 0.4) is 0 Å². The minimum Gasteiger partial charge on any atom is -0.379 e. The molecule has 0 aliphatic heterocycles. The van der Waals surface area contributed by atoms with Crippen LogP contribution in [-0.2, 0) is 6.54 Å². The molecule has 2 aromatic rings. The molecule has 0 atom stereocenters. The van der Waals surface area contributed by atoms with Gasteiger partial charge in [-0.1, -0.05) is 12.1 Å².